The van der Waals surface area contributed by atoms with Crippen LogP contribution in [0.4, 0.5) is 0 Å². The fraction of sp³-hybridized carbons (Fsp3) is 0.929. The lowest BCUT2D eigenvalue weighted by Crippen LogP contribution is -2.52. The van der Waals surface area contributed by atoms with Crippen molar-refractivity contribution >= 4 is 0 Å². The third kappa shape index (κ3) is 3.72. The molecule has 0 amide bonds. The van der Waals surface area contributed by atoms with Crippen LogP contribution in [0.3, 0.4) is 0 Å². The molecule has 0 aromatic heterocycles. The van der Waals surface area contributed by atoms with Crippen molar-refractivity contribution in [3.63, 3.8) is 0 Å². The van der Waals surface area contributed by atoms with Crippen LogP contribution in [-0.4, -0.2) is 21.9 Å². The van der Waals surface area contributed by atoms with E-state index in [2.05, 4.69) is 40.7 Å². The van der Waals surface area contributed by atoms with Gasteiger partial charge in [-0.05, 0) is 117 Å². The molecule has 0 aromatic carbocycles. The topological polar surface area (TPSA) is 40.5 Å². The second-order valence-electron chi connectivity index (χ2n) is 13.0. The molecule has 0 radical (unpaired) electrons. The number of hydrogen-bond acceptors (Lipinski definition) is 2. The monoisotopic (exact) mass is 416 g/mol. The molecule has 2 nitrogen and oxygen atoms in total. The Bertz CT molecular complexity index is 664. The van der Waals surface area contributed by atoms with Gasteiger partial charge in [0.05, 0.1) is 11.7 Å². The van der Waals surface area contributed by atoms with Crippen LogP contribution in [0.25, 0.3) is 0 Å². The molecule has 2 unspecified atom stereocenters. The predicted molar refractivity (Wildman–Crippen MR) is 125 cm³/mol. The van der Waals surface area contributed by atoms with Gasteiger partial charge in [-0.3, -0.25) is 0 Å². The molecule has 0 heterocycles. The van der Waals surface area contributed by atoms with E-state index in [0.29, 0.717) is 16.7 Å². The van der Waals surface area contributed by atoms with E-state index in [-0.39, 0.29) is 6.10 Å². The maximum atomic E-state index is 10.7. The van der Waals surface area contributed by atoms with Crippen molar-refractivity contribution in [2.75, 3.05) is 0 Å². The zero-order valence-corrected chi connectivity index (χ0v) is 20.6. The van der Waals surface area contributed by atoms with Crippen molar-refractivity contribution in [1.82, 2.24) is 0 Å². The minimum Gasteiger partial charge on any atom is -0.393 e. The molecule has 0 saturated heterocycles. The summed E-state index contributed by atoms with van der Waals surface area (Å²) in [7, 11) is 0. The Balaban J connectivity index is 1.49. The Kier molecular flexibility index (Phi) is 6.02. The van der Waals surface area contributed by atoms with Gasteiger partial charge in [0.25, 0.3) is 0 Å². The smallest absolute Gasteiger partial charge is 0.0657 e. The molecule has 0 aliphatic heterocycles. The van der Waals surface area contributed by atoms with Gasteiger partial charge in [-0.15, -0.1) is 0 Å². The molecule has 0 bridgehead atoms. The van der Waals surface area contributed by atoms with Crippen molar-refractivity contribution in [2.24, 2.45) is 46.3 Å². The highest BCUT2D eigenvalue weighted by Crippen LogP contribution is 2.67. The normalized spacial score (nSPS) is 47.8. The second-order valence-corrected chi connectivity index (χ2v) is 13.0. The van der Waals surface area contributed by atoms with Crippen LogP contribution >= 0.6 is 0 Å². The Hall–Kier alpha value is -0.340. The van der Waals surface area contributed by atoms with Crippen LogP contribution in [0.15, 0.2) is 11.6 Å². The van der Waals surface area contributed by atoms with Crippen molar-refractivity contribution in [3.8, 4) is 0 Å². The molecule has 2 N–H and O–H groups in total. The number of aliphatic hydroxyl groups excluding tert-OH is 1. The predicted octanol–water partition coefficient (Wildman–Crippen LogP) is 6.75. The molecular formula is C28H48O2. The Morgan fingerprint density at radius 1 is 0.967 bits per heavy atom. The quantitative estimate of drug-likeness (QED) is 0.487. The van der Waals surface area contributed by atoms with Gasteiger partial charge >= 0.3 is 0 Å². The van der Waals surface area contributed by atoms with Gasteiger partial charge in [0.2, 0.25) is 0 Å². The Morgan fingerprint density at radius 2 is 1.70 bits per heavy atom. The summed E-state index contributed by atoms with van der Waals surface area (Å²) in [5.74, 6) is 4.46. The Labute approximate surface area is 185 Å². The number of hydrogen-bond donors (Lipinski definition) is 2. The van der Waals surface area contributed by atoms with Crippen molar-refractivity contribution in [2.45, 2.75) is 117 Å². The summed E-state index contributed by atoms with van der Waals surface area (Å²) in [5, 5.41) is 21.0. The Morgan fingerprint density at radius 3 is 2.40 bits per heavy atom. The number of fused-ring (bicyclic) bond motifs is 5. The zero-order valence-electron chi connectivity index (χ0n) is 20.6. The van der Waals surface area contributed by atoms with E-state index in [1.807, 2.05) is 6.92 Å². The third-order valence-electron chi connectivity index (χ3n) is 10.8. The summed E-state index contributed by atoms with van der Waals surface area (Å²) < 4.78 is 0. The van der Waals surface area contributed by atoms with Crippen LogP contribution in [0.1, 0.15) is 106 Å². The number of rotatable bonds is 5. The molecule has 3 saturated carbocycles. The first-order chi connectivity index (χ1) is 14.0. The lowest BCUT2D eigenvalue weighted by atomic mass is 9.46. The van der Waals surface area contributed by atoms with Crippen LogP contribution in [0.5, 0.6) is 0 Å². The molecule has 4 aliphatic rings. The van der Waals surface area contributed by atoms with Gasteiger partial charge in [-0.25, -0.2) is 0 Å². The molecule has 4 aliphatic carbocycles. The highest BCUT2D eigenvalue weighted by molar-refractivity contribution is 5.26. The molecule has 2 heteroatoms. The lowest BCUT2D eigenvalue weighted by molar-refractivity contribution is -0.0710. The summed E-state index contributed by atoms with van der Waals surface area (Å²) in [4.78, 5) is 0. The van der Waals surface area contributed by atoms with E-state index in [1.54, 1.807) is 5.57 Å². The molecule has 0 spiro atoms. The van der Waals surface area contributed by atoms with Crippen LogP contribution in [-0.2, 0) is 0 Å². The van der Waals surface area contributed by atoms with Gasteiger partial charge < -0.3 is 10.2 Å². The summed E-state index contributed by atoms with van der Waals surface area (Å²) in [6.07, 6.45) is 14.4. The molecule has 3 fully saturated rings. The van der Waals surface area contributed by atoms with E-state index < -0.39 is 5.60 Å². The van der Waals surface area contributed by atoms with Gasteiger partial charge in [-0.2, -0.15) is 0 Å². The van der Waals surface area contributed by atoms with E-state index >= 15 is 0 Å². The average molecular weight is 417 g/mol. The summed E-state index contributed by atoms with van der Waals surface area (Å²) in [6.45, 7) is 14.0. The fourth-order valence-corrected chi connectivity index (χ4v) is 8.75. The van der Waals surface area contributed by atoms with E-state index in [1.165, 1.54) is 44.9 Å². The minimum atomic E-state index is -0.490. The standard InChI is InChI=1S/C28H48O2/c1-18(2)25(29)12-7-19(3)22-10-11-23-21-9-8-20-17-26(4,30)15-16-27(20,5)24(21)13-14-28(22,23)6/h8,18-19,21-25,29-30H,7,9-17H2,1-6H3/t19-,21+,22-,23?,24?,25-,26+,27+,28-/m1/s1. The number of allylic oxidation sites excluding steroid dienone is 1. The third-order valence-corrected chi connectivity index (χ3v) is 10.8. The average Bonchev–Trinajstić information content (AvgIpc) is 3.03. The van der Waals surface area contributed by atoms with E-state index in [9.17, 15) is 10.2 Å². The number of aliphatic hydroxyl groups is 2. The zero-order chi connectivity index (χ0) is 21.9. The van der Waals surface area contributed by atoms with Crippen LogP contribution in [0, 0.1) is 46.3 Å². The van der Waals surface area contributed by atoms with Crippen molar-refractivity contribution < 1.29 is 10.2 Å². The SMILES string of the molecule is CC(C)[C@H](O)CC[C@@H](C)[C@H]1CCC2[C@@H]3CC=C4C[C@@](C)(O)CC[C@]4(C)C3CC[C@@]21C. The molecule has 30 heavy (non-hydrogen) atoms. The summed E-state index contributed by atoms with van der Waals surface area (Å²) in [5.41, 5.74) is 1.91. The van der Waals surface area contributed by atoms with Crippen LogP contribution in [0.2, 0.25) is 0 Å². The molecule has 9 atom stereocenters. The van der Waals surface area contributed by atoms with Crippen molar-refractivity contribution in [3.05, 3.63) is 11.6 Å². The molecule has 4 rings (SSSR count). The molecule has 0 aromatic rings. The lowest BCUT2D eigenvalue weighted by Gasteiger charge is -2.59. The largest absolute Gasteiger partial charge is 0.393 e. The summed E-state index contributed by atoms with van der Waals surface area (Å²) in [6, 6.07) is 0. The first-order valence-electron chi connectivity index (χ1n) is 13.1. The summed E-state index contributed by atoms with van der Waals surface area (Å²) >= 11 is 0. The van der Waals surface area contributed by atoms with Crippen molar-refractivity contribution in [1.29, 1.82) is 0 Å². The maximum Gasteiger partial charge on any atom is 0.0657 e. The highest BCUT2D eigenvalue weighted by Gasteiger charge is 2.59. The second kappa shape index (κ2) is 7.91. The van der Waals surface area contributed by atoms with Gasteiger partial charge in [0.1, 0.15) is 0 Å². The maximum absolute atomic E-state index is 10.7. The van der Waals surface area contributed by atoms with Gasteiger partial charge in [0, 0.05) is 0 Å². The van der Waals surface area contributed by atoms with E-state index in [0.717, 1.165) is 48.9 Å². The molecular weight excluding hydrogens is 368 g/mol. The molecule has 172 valence electrons. The first-order valence-corrected chi connectivity index (χ1v) is 13.1. The first kappa shape index (κ1) is 22.8. The van der Waals surface area contributed by atoms with Gasteiger partial charge in [-0.1, -0.05) is 46.3 Å². The highest BCUT2D eigenvalue weighted by atomic mass is 16.3. The van der Waals surface area contributed by atoms with E-state index in [4.69, 9.17) is 0 Å². The minimum absolute atomic E-state index is 0.140. The van der Waals surface area contributed by atoms with Crippen LogP contribution < -0.4 is 0 Å². The van der Waals surface area contributed by atoms with Gasteiger partial charge in [0.15, 0.2) is 0 Å². The fourth-order valence-electron chi connectivity index (χ4n) is 8.75.